The first-order chi connectivity index (χ1) is 9.78. The van der Waals surface area contributed by atoms with E-state index in [1.54, 1.807) is 0 Å². The van der Waals surface area contributed by atoms with Gasteiger partial charge in [0, 0.05) is 12.6 Å². The van der Waals surface area contributed by atoms with Crippen LogP contribution in [0.15, 0.2) is 28.7 Å². The van der Waals surface area contributed by atoms with Crippen LogP contribution < -0.4 is 5.32 Å². The summed E-state index contributed by atoms with van der Waals surface area (Å²) in [6.45, 7) is 2.34. The van der Waals surface area contributed by atoms with Crippen molar-refractivity contribution >= 4 is 11.1 Å². The minimum atomic E-state index is 0.0690. The Morgan fingerprint density at radius 3 is 2.95 bits per heavy atom. The van der Waals surface area contributed by atoms with Crippen molar-refractivity contribution < 1.29 is 9.52 Å². The molecule has 4 nitrogen and oxygen atoms in total. The van der Waals surface area contributed by atoms with Crippen molar-refractivity contribution in [1.82, 2.24) is 10.3 Å². The van der Waals surface area contributed by atoms with Crippen LogP contribution in [0.4, 0.5) is 0 Å². The van der Waals surface area contributed by atoms with Gasteiger partial charge in [0.05, 0.1) is 6.04 Å². The molecule has 4 heteroatoms. The van der Waals surface area contributed by atoms with Crippen molar-refractivity contribution in [2.45, 2.75) is 44.7 Å². The van der Waals surface area contributed by atoms with Gasteiger partial charge in [0.1, 0.15) is 5.52 Å². The highest BCUT2D eigenvalue weighted by atomic mass is 16.3. The monoisotopic (exact) mass is 274 g/mol. The minimum absolute atomic E-state index is 0.0690. The maximum absolute atomic E-state index is 9.48. The summed E-state index contributed by atoms with van der Waals surface area (Å²) in [6, 6.07) is 8.26. The van der Waals surface area contributed by atoms with E-state index in [4.69, 9.17) is 4.42 Å². The highest BCUT2D eigenvalue weighted by Gasteiger charge is 2.27. The summed E-state index contributed by atoms with van der Waals surface area (Å²) in [7, 11) is 0. The van der Waals surface area contributed by atoms with Crippen LogP contribution in [0.1, 0.15) is 44.5 Å². The molecule has 2 N–H and O–H groups in total. The van der Waals surface area contributed by atoms with Crippen molar-refractivity contribution in [3.8, 4) is 0 Å². The number of para-hydroxylation sites is 2. The van der Waals surface area contributed by atoms with Crippen molar-refractivity contribution in [3.05, 3.63) is 30.2 Å². The Morgan fingerprint density at radius 2 is 2.15 bits per heavy atom. The number of nitrogens with zero attached hydrogens (tertiary/aromatic N) is 1. The molecule has 3 rings (SSSR count). The van der Waals surface area contributed by atoms with Crippen LogP contribution in [0, 0.1) is 5.92 Å². The zero-order valence-electron chi connectivity index (χ0n) is 11.9. The second-order valence-corrected chi connectivity index (χ2v) is 5.74. The molecular weight excluding hydrogens is 252 g/mol. The number of oxazole rings is 1. The SMILES string of the molecule is C[C@H](N[C@@H]1CCCC[C@H]1CO)c1nc2ccccc2o1. The average Bonchev–Trinajstić information content (AvgIpc) is 2.92. The van der Waals surface area contributed by atoms with Crippen molar-refractivity contribution in [3.63, 3.8) is 0 Å². The number of fused-ring (bicyclic) bond motifs is 1. The van der Waals surface area contributed by atoms with Crippen LogP contribution in [0.25, 0.3) is 11.1 Å². The van der Waals surface area contributed by atoms with Crippen LogP contribution >= 0.6 is 0 Å². The van der Waals surface area contributed by atoms with Crippen LogP contribution in [0.3, 0.4) is 0 Å². The van der Waals surface area contributed by atoms with Crippen LogP contribution in [-0.4, -0.2) is 22.7 Å². The first-order valence-electron chi connectivity index (χ1n) is 7.50. The first kappa shape index (κ1) is 13.6. The molecule has 1 aliphatic carbocycles. The molecule has 0 radical (unpaired) electrons. The first-order valence-corrected chi connectivity index (χ1v) is 7.50. The molecule has 0 unspecified atom stereocenters. The highest BCUT2D eigenvalue weighted by molar-refractivity contribution is 5.72. The van der Waals surface area contributed by atoms with Crippen molar-refractivity contribution in [2.75, 3.05) is 6.61 Å². The minimum Gasteiger partial charge on any atom is -0.439 e. The number of aliphatic hydroxyl groups excluding tert-OH is 1. The fourth-order valence-corrected chi connectivity index (χ4v) is 3.11. The molecule has 0 spiro atoms. The second kappa shape index (κ2) is 5.94. The molecule has 3 atom stereocenters. The third-order valence-electron chi connectivity index (χ3n) is 4.29. The summed E-state index contributed by atoms with van der Waals surface area (Å²) in [5.41, 5.74) is 1.73. The number of aliphatic hydroxyl groups is 1. The van der Waals surface area contributed by atoms with Gasteiger partial charge < -0.3 is 14.8 Å². The lowest BCUT2D eigenvalue weighted by Crippen LogP contribution is -2.41. The lowest BCUT2D eigenvalue weighted by Gasteiger charge is -2.32. The Labute approximate surface area is 119 Å². The van der Waals surface area contributed by atoms with E-state index < -0.39 is 0 Å². The predicted octanol–water partition coefficient (Wildman–Crippen LogP) is 3.03. The molecule has 0 aliphatic heterocycles. The normalized spacial score (nSPS) is 24.9. The van der Waals surface area contributed by atoms with Gasteiger partial charge in [-0.25, -0.2) is 4.98 Å². The van der Waals surface area contributed by atoms with Gasteiger partial charge in [0.25, 0.3) is 0 Å². The molecule has 0 bridgehead atoms. The van der Waals surface area contributed by atoms with E-state index in [9.17, 15) is 5.11 Å². The van der Waals surface area contributed by atoms with E-state index in [2.05, 4.69) is 17.2 Å². The summed E-state index contributed by atoms with van der Waals surface area (Å²) >= 11 is 0. The van der Waals surface area contributed by atoms with Crippen molar-refractivity contribution in [1.29, 1.82) is 0 Å². The van der Waals surface area contributed by atoms with E-state index >= 15 is 0 Å². The average molecular weight is 274 g/mol. The van der Waals surface area contributed by atoms with Gasteiger partial charge in [-0.05, 0) is 37.8 Å². The lowest BCUT2D eigenvalue weighted by atomic mass is 9.84. The van der Waals surface area contributed by atoms with E-state index in [1.807, 2.05) is 24.3 Å². The topological polar surface area (TPSA) is 58.3 Å². The molecular formula is C16H22N2O2. The molecule has 1 aromatic carbocycles. The van der Waals surface area contributed by atoms with Gasteiger partial charge in [-0.1, -0.05) is 25.0 Å². The zero-order valence-corrected chi connectivity index (χ0v) is 11.9. The van der Waals surface area contributed by atoms with E-state index in [1.165, 1.54) is 12.8 Å². The van der Waals surface area contributed by atoms with Crippen molar-refractivity contribution in [2.24, 2.45) is 5.92 Å². The third kappa shape index (κ3) is 2.72. The van der Waals surface area contributed by atoms with Crippen LogP contribution in [0.5, 0.6) is 0 Å². The Morgan fingerprint density at radius 1 is 1.35 bits per heavy atom. The number of hydrogen-bond acceptors (Lipinski definition) is 4. The molecule has 108 valence electrons. The molecule has 1 aromatic heterocycles. The summed E-state index contributed by atoms with van der Waals surface area (Å²) in [5.74, 6) is 1.09. The highest BCUT2D eigenvalue weighted by Crippen LogP contribution is 2.27. The number of nitrogens with one attached hydrogen (secondary N) is 1. The second-order valence-electron chi connectivity index (χ2n) is 5.74. The standard InChI is InChI=1S/C16H22N2O2/c1-11(17-13-7-3-2-6-12(13)10-19)16-18-14-8-4-5-9-15(14)20-16/h4-5,8-9,11-13,17,19H,2-3,6-7,10H2,1H3/t11-,12-,13+/m0/s1. The maximum Gasteiger partial charge on any atom is 0.212 e. The van der Waals surface area contributed by atoms with Gasteiger partial charge >= 0.3 is 0 Å². The Bertz CT molecular complexity index is 533. The number of hydrogen-bond donors (Lipinski definition) is 2. The number of aromatic nitrogens is 1. The Hall–Kier alpha value is -1.39. The predicted molar refractivity (Wildman–Crippen MR) is 78.4 cm³/mol. The lowest BCUT2D eigenvalue weighted by molar-refractivity contribution is 0.144. The fraction of sp³-hybridized carbons (Fsp3) is 0.562. The largest absolute Gasteiger partial charge is 0.439 e. The number of benzene rings is 1. The summed E-state index contributed by atoms with van der Waals surface area (Å²) in [6.07, 6.45) is 4.68. The smallest absolute Gasteiger partial charge is 0.212 e. The van der Waals surface area contributed by atoms with E-state index in [0.717, 1.165) is 29.8 Å². The quantitative estimate of drug-likeness (QED) is 0.899. The number of rotatable bonds is 4. The van der Waals surface area contributed by atoms with Gasteiger partial charge in [0.2, 0.25) is 5.89 Å². The molecule has 1 heterocycles. The fourth-order valence-electron chi connectivity index (χ4n) is 3.11. The maximum atomic E-state index is 9.48. The van der Waals surface area contributed by atoms with Crippen LogP contribution in [-0.2, 0) is 0 Å². The Balaban J connectivity index is 1.73. The molecule has 0 saturated heterocycles. The van der Waals surface area contributed by atoms with E-state index in [0.29, 0.717) is 12.0 Å². The van der Waals surface area contributed by atoms with Gasteiger partial charge in [-0.3, -0.25) is 0 Å². The zero-order chi connectivity index (χ0) is 13.9. The molecule has 0 amide bonds. The van der Waals surface area contributed by atoms with E-state index in [-0.39, 0.29) is 12.6 Å². The molecule has 2 aromatic rings. The molecule has 20 heavy (non-hydrogen) atoms. The van der Waals surface area contributed by atoms with Gasteiger partial charge in [-0.15, -0.1) is 0 Å². The van der Waals surface area contributed by atoms with Gasteiger partial charge in [0.15, 0.2) is 5.58 Å². The summed E-state index contributed by atoms with van der Waals surface area (Å²) in [5, 5.41) is 13.1. The Kier molecular flexibility index (Phi) is 4.03. The summed E-state index contributed by atoms with van der Waals surface area (Å²) in [4.78, 5) is 4.54. The molecule has 1 saturated carbocycles. The molecule has 1 aliphatic rings. The molecule has 1 fully saturated rings. The van der Waals surface area contributed by atoms with Crippen LogP contribution in [0.2, 0.25) is 0 Å². The summed E-state index contributed by atoms with van der Waals surface area (Å²) < 4.78 is 5.80. The van der Waals surface area contributed by atoms with Gasteiger partial charge in [-0.2, -0.15) is 0 Å². The third-order valence-corrected chi connectivity index (χ3v) is 4.29.